The van der Waals surface area contributed by atoms with Crippen LogP contribution >= 0.6 is 11.6 Å². The molecule has 3 unspecified atom stereocenters. The molecule has 2 aromatic carbocycles. The normalized spacial score (nSPS) is 21.8. The quantitative estimate of drug-likeness (QED) is 0.451. The first kappa shape index (κ1) is 22.3. The fraction of sp³-hybridized carbons (Fsp3) is 0.227. The van der Waals surface area contributed by atoms with Crippen molar-refractivity contribution in [2.24, 2.45) is 5.92 Å². The van der Waals surface area contributed by atoms with Crippen molar-refractivity contribution < 1.29 is 18.4 Å². The minimum absolute atomic E-state index is 0.208. The number of halogens is 3. The molecule has 2 fully saturated rings. The maximum Gasteiger partial charge on any atom is 0.259 e. The van der Waals surface area contributed by atoms with Crippen LogP contribution in [0.3, 0.4) is 0 Å². The van der Waals surface area contributed by atoms with E-state index in [-0.39, 0.29) is 17.3 Å². The van der Waals surface area contributed by atoms with Gasteiger partial charge < -0.3 is 10.6 Å². The highest BCUT2D eigenvalue weighted by atomic mass is 35.5. The number of benzene rings is 2. The molecule has 4 N–H and O–H groups in total. The molecule has 2 amide bonds. The third-order valence-electron chi connectivity index (χ3n) is 5.69. The summed E-state index contributed by atoms with van der Waals surface area (Å²) in [5, 5.41) is 15.5. The summed E-state index contributed by atoms with van der Waals surface area (Å²) >= 11 is 6.14. The van der Waals surface area contributed by atoms with E-state index in [1.54, 1.807) is 25.1 Å². The number of aryl methyl sites for hydroxylation is 1. The molecule has 176 valence electrons. The Morgan fingerprint density at radius 1 is 1.21 bits per heavy atom. The summed E-state index contributed by atoms with van der Waals surface area (Å²) in [5.74, 6) is -2.92. The Morgan fingerprint density at radius 3 is 2.79 bits per heavy atom. The van der Waals surface area contributed by atoms with Gasteiger partial charge in [-0.15, -0.1) is 0 Å². The number of aromatic nitrogens is 2. The summed E-state index contributed by atoms with van der Waals surface area (Å²) in [7, 11) is 0. The summed E-state index contributed by atoms with van der Waals surface area (Å²) in [6.45, 7) is 2.13. The predicted octanol–water partition coefficient (Wildman–Crippen LogP) is 2.52. The average molecular weight is 488 g/mol. The van der Waals surface area contributed by atoms with Crippen molar-refractivity contribution in [3.63, 3.8) is 0 Å². The van der Waals surface area contributed by atoms with Gasteiger partial charge in [0.25, 0.3) is 5.91 Å². The summed E-state index contributed by atoms with van der Waals surface area (Å²) in [5.41, 5.74) is 4.22. The highest BCUT2D eigenvalue weighted by Crippen LogP contribution is 2.29. The van der Waals surface area contributed by atoms with Gasteiger partial charge in [0.05, 0.1) is 22.9 Å². The van der Waals surface area contributed by atoms with Crippen LogP contribution in [0.1, 0.15) is 22.3 Å². The van der Waals surface area contributed by atoms with Crippen molar-refractivity contribution in [3.8, 4) is 0 Å². The Kier molecular flexibility index (Phi) is 5.68. The topological polar surface area (TPSA) is 103 Å². The number of hydrogen-bond donors (Lipinski definition) is 4. The summed E-state index contributed by atoms with van der Waals surface area (Å²) < 4.78 is 28.7. The van der Waals surface area contributed by atoms with Crippen LogP contribution < -0.4 is 26.4 Å². The van der Waals surface area contributed by atoms with Crippen LogP contribution in [0.4, 0.5) is 20.3 Å². The number of fused-ring (bicyclic) bond motifs is 1. The van der Waals surface area contributed by atoms with E-state index >= 15 is 0 Å². The third kappa shape index (κ3) is 4.09. The van der Waals surface area contributed by atoms with Gasteiger partial charge in [-0.3, -0.25) is 19.9 Å². The fourth-order valence-corrected chi connectivity index (χ4v) is 4.32. The minimum Gasteiger partial charge on any atom is -0.321 e. The van der Waals surface area contributed by atoms with Crippen molar-refractivity contribution in [1.82, 2.24) is 25.8 Å². The smallest absolute Gasteiger partial charge is 0.259 e. The number of amides is 2. The molecule has 5 rings (SSSR count). The second-order valence-electron chi connectivity index (χ2n) is 8.04. The van der Waals surface area contributed by atoms with Gasteiger partial charge in [0.1, 0.15) is 23.6 Å². The molecule has 0 spiro atoms. The van der Waals surface area contributed by atoms with Crippen molar-refractivity contribution in [2.45, 2.75) is 19.4 Å². The number of hydrazine groups is 1. The van der Waals surface area contributed by atoms with E-state index in [1.807, 2.05) is 17.1 Å². The lowest BCUT2D eigenvalue weighted by Crippen LogP contribution is -2.61. The molecular formula is C22H20ClF2N7O2. The van der Waals surface area contributed by atoms with Gasteiger partial charge >= 0.3 is 0 Å². The van der Waals surface area contributed by atoms with E-state index in [0.29, 0.717) is 23.3 Å². The minimum atomic E-state index is -0.985. The maximum atomic E-state index is 14.1. The van der Waals surface area contributed by atoms with Crippen LogP contribution in [0.5, 0.6) is 0 Å². The van der Waals surface area contributed by atoms with Gasteiger partial charge in [-0.25, -0.2) is 18.9 Å². The number of anilines is 2. The number of nitrogens with one attached hydrogen (secondary N) is 4. The number of carbonyl (C=O) groups excluding carboxylic acids is 2. The fourth-order valence-electron chi connectivity index (χ4n) is 4.13. The summed E-state index contributed by atoms with van der Waals surface area (Å²) in [6, 6.07) is 11.5. The van der Waals surface area contributed by atoms with Gasteiger partial charge in [0, 0.05) is 23.7 Å². The van der Waals surface area contributed by atoms with E-state index in [4.69, 9.17) is 11.6 Å². The molecule has 0 bridgehead atoms. The number of nitrogens with zero attached hydrogens (tertiary/aromatic N) is 3. The maximum absolute atomic E-state index is 14.1. The van der Waals surface area contributed by atoms with Gasteiger partial charge in [-0.1, -0.05) is 17.7 Å². The van der Waals surface area contributed by atoms with E-state index in [2.05, 4.69) is 26.5 Å². The molecule has 3 atom stereocenters. The molecule has 2 saturated heterocycles. The highest BCUT2D eigenvalue weighted by molar-refractivity contribution is 6.30. The zero-order valence-electron chi connectivity index (χ0n) is 17.8. The SMILES string of the molecule is Cc1cc(NC(=O)c2ccc(F)cc2F)n(C2NC(=O)C3CNN(c4cccc(Cl)c4)C3N2)n1. The van der Waals surface area contributed by atoms with Crippen LogP contribution in [0.25, 0.3) is 0 Å². The van der Waals surface area contributed by atoms with Crippen LogP contribution in [0.2, 0.25) is 5.02 Å². The van der Waals surface area contributed by atoms with E-state index in [9.17, 15) is 18.4 Å². The molecule has 3 aromatic rings. The molecule has 0 aliphatic carbocycles. The first-order chi connectivity index (χ1) is 16.3. The first-order valence-corrected chi connectivity index (χ1v) is 10.9. The number of hydrogen-bond acceptors (Lipinski definition) is 6. The Labute approximate surface area is 198 Å². The summed E-state index contributed by atoms with van der Waals surface area (Å²) in [4.78, 5) is 25.5. The Morgan fingerprint density at radius 2 is 2.03 bits per heavy atom. The second kappa shape index (κ2) is 8.67. The molecule has 2 aliphatic heterocycles. The van der Waals surface area contributed by atoms with E-state index in [1.165, 1.54) is 4.68 Å². The number of rotatable bonds is 4. The largest absolute Gasteiger partial charge is 0.321 e. The molecule has 0 saturated carbocycles. The predicted molar refractivity (Wildman–Crippen MR) is 121 cm³/mol. The van der Waals surface area contributed by atoms with Crippen molar-refractivity contribution in [2.75, 3.05) is 16.9 Å². The average Bonchev–Trinajstić information content (AvgIpc) is 3.37. The second-order valence-corrected chi connectivity index (χ2v) is 8.47. The number of carbonyl (C=O) groups is 2. The van der Waals surface area contributed by atoms with Crippen molar-refractivity contribution in [3.05, 3.63) is 76.4 Å². The molecule has 12 heteroatoms. The zero-order valence-corrected chi connectivity index (χ0v) is 18.6. The van der Waals surface area contributed by atoms with Gasteiger partial charge in [0.15, 0.2) is 6.29 Å². The summed E-state index contributed by atoms with van der Waals surface area (Å²) in [6.07, 6.45) is -1.24. The lowest BCUT2D eigenvalue weighted by molar-refractivity contribution is -0.129. The molecule has 0 radical (unpaired) electrons. The molecule has 1 aromatic heterocycles. The molecular weight excluding hydrogens is 468 g/mol. The van der Waals surface area contributed by atoms with Crippen molar-refractivity contribution in [1.29, 1.82) is 0 Å². The third-order valence-corrected chi connectivity index (χ3v) is 5.93. The Bertz CT molecular complexity index is 1280. The van der Waals surface area contributed by atoms with Gasteiger partial charge in [0.2, 0.25) is 5.91 Å². The van der Waals surface area contributed by atoms with Crippen LogP contribution in [-0.4, -0.2) is 34.3 Å². The molecule has 2 aliphatic rings. The van der Waals surface area contributed by atoms with Crippen LogP contribution in [0.15, 0.2) is 48.5 Å². The highest BCUT2D eigenvalue weighted by Gasteiger charge is 2.45. The molecule has 34 heavy (non-hydrogen) atoms. The van der Waals surface area contributed by atoms with Crippen LogP contribution in [0, 0.1) is 24.5 Å². The van der Waals surface area contributed by atoms with E-state index in [0.717, 1.165) is 17.8 Å². The van der Waals surface area contributed by atoms with E-state index < -0.39 is 35.9 Å². The van der Waals surface area contributed by atoms with Gasteiger partial charge in [-0.05, 0) is 37.3 Å². The molecule has 9 nitrogen and oxygen atoms in total. The van der Waals surface area contributed by atoms with Gasteiger partial charge in [-0.2, -0.15) is 5.10 Å². The van der Waals surface area contributed by atoms with Crippen molar-refractivity contribution >= 4 is 34.9 Å². The Balaban J connectivity index is 1.41. The van der Waals surface area contributed by atoms with Crippen LogP contribution in [-0.2, 0) is 4.79 Å². The first-order valence-electron chi connectivity index (χ1n) is 10.5. The standard InChI is InChI=1S/C22H20ClF2N7O2/c1-11-7-18(27-20(33)15-6-5-13(24)9-17(15)25)32(30-11)22-28-19-16(21(34)29-22)10-26-31(19)14-4-2-3-12(23)8-14/h2-9,16,19,22,26,28H,10H2,1H3,(H,27,33)(H,29,34). The lowest BCUT2D eigenvalue weighted by Gasteiger charge is -2.37. The Hall–Kier alpha value is -3.54. The molecule has 3 heterocycles. The zero-order chi connectivity index (χ0) is 24.0. The lowest BCUT2D eigenvalue weighted by atomic mass is 10.0. The monoisotopic (exact) mass is 487 g/mol.